The first-order valence-electron chi connectivity index (χ1n) is 6.72. The van der Waals surface area contributed by atoms with Crippen LogP contribution in [0.5, 0.6) is 5.75 Å². The minimum absolute atomic E-state index is 0.131. The van der Waals surface area contributed by atoms with Crippen molar-refractivity contribution in [3.8, 4) is 5.75 Å². The SMILES string of the molecule is CCCOc1ccc(CNC(C)C(OC)OC)cc1. The molecule has 1 aromatic rings. The van der Waals surface area contributed by atoms with Gasteiger partial charge in [-0.3, -0.25) is 0 Å². The van der Waals surface area contributed by atoms with Gasteiger partial charge < -0.3 is 19.5 Å². The first-order chi connectivity index (χ1) is 9.21. The molecule has 1 N–H and O–H groups in total. The van der Waals surface area contributed by atoms with Crippen LogP contribution in [0.4, 0.5) is 0 Å². The molecular weight excluding hydrogens is 242 g/mol. The third-order valence-electron chi connectivity index (χ3n) is 2.90. The molecular formula is C15H25NO3. The summed E-state index contributed by atoms with van der Waals surface area (Å²) in [6.07, 6.45) is 0.795. The van der Waals surface area contributed by atoms with Crippen molar-refractivity contribution >= 4 is 0 Å². The van der Waals surface area contributed by atoms with Gasteiger partial charge in [-0.15, -0.1) is 0 Å². The Morgan fingerprint density at radius 2 is 1.74 bits per heavy atom. The molecule has 4 heteroatoms. The van der Waals surface area contributed by atoms with Crippen molar-refractivity contribution in [1.82, 2.24) is 5.32 Å². The number of nitrogens with one attached hydrogen (secondary N) is 1. The molecule has 0 aromatic heterocycles. The third-order valence-corrected chi connectivity index (χ3v) is 2.90. The molecule has 108 valence electrons. The van der Waals surface area contributed by atoms with Gasteiger partial charge in [0.2, 0.25) is 0 Å². The van der Waals surface area contributed by atoms with Crippen molar-refractivity contribution in [3.63, 3.8) is 0 Å². The summed E-state index contributed by atoms with van der Waals surface area (Å²) in [7, 11) is 3.29. The van der Waals surface area contributed by atoms with E-state index in [1.54, 1.807) is 14.2 Å². The zero-order chi connectivity index (χ0) is 14.1. The average molecular weight is 267 g/mol. The van der Waals surface area contributed by atoms with Gasteiger partial charge in [-0.1, -0.05) is 19.1 Å². The van der Waals surface area contributed by atoms with Crippen molar-refractivity contribution in [2.45, 2.75) is 39.1 Å². The maximum Gasteiger partial charge on any atom is 0.171 e. The highest BCUT2D eigenvalue weighted by Gasteiger charge is 2.14. The fourth-order valence-electron chi connectivity index (χ4n) is 1.80. The van der Waals surface area contributed by atoms with E-state index in [1.807, 2.05) is 19.1 Å². The first-order valence-corrected chi connectivity index (χ1v) is 6.72. The van der Waals surface area contributed by atoms with Crippen LogP contribution in [-0.4, -0.2) is 33.2 Å². The predicted molar refractivity (Wildman–Crippen MR) is 76.3 cm³/mol. The van der Waals surface area contributed by atoms with Crippen LogP contribution in [0.25, 0.3) is 0 Å². The molecule has 0 saturated heterocycles. The number of hydrogen-bond acceptors (Lipinski definition) is 4. The molecule has 1 atom stereocenters. The molecule has 0 bridgehead atoms. The minimum Gasteiger partial charge on any atom is -0.494 e. The second-order valence-corrected chi connectivity index (χ2v) is 4.50. The van der Waals surface area contributed by atoms with E-state index in [4.69, 9.17) is 14.2 Å². The van der Waals surface area contributed by atoms with E-state index in [0.717, 1.165) is 25.3 Å². The van der Waals surface area contributed by atoms with Crippen LogP contribution in [0.1, 0.15) is 25.8 Å². The summed E-state index contributed by atoms with van der Waals surface area (Å²) in [5.74, 6) is 0.922. The highest BCUT2D eigenvalue weighted by molar-refractivity contribution is 5.27. The molecule has 0 aliphatic carbocycles. The standard InChI is InChI=1S/C15H25NO3/c1-5-10-19-14-8-6-13(7-9-14)11-16-12(2)15(17-3)18-4/h6-9,12,15-16H,5,10-11H2,1-4H3. The maximum atomic E-state index is 5.55. The lowest BCUT2D eigenvalue weighted by Gasteiger charge is -2.22. The van der Waals surface area contributed by atoms with E-state index in [9.17, 15) is 0 Å². The van der Waals surface area contributed by atoms with E-state index in [0.29, 0.717) is 0 Å². The monoisotopic (exact) mass is 267 g/mol. The van der Waals surface area contributed by atoms with Crippen molar-refractivity contribution in [2.75, 3.05) is 20.8 Å². The molecule has 1 aromatic carbocycles. The lowest BCUT2D eigenvalue weighted by Crippen LogP contribution is -2.39. The van der Waals surface area contributed by atoms with E-state index in [2.05, 4.69) is 24.4 Å². The van der Waals surface area contributed by atoms with Crippen LogP contribution in [0.3, 0.4) is 0 Å². The number of benzene rings is 1. The van der Waals surface area contributed by atoms with Crippen LogP contribution >= 0.6 is 0 Å². The van der Waals surface area contributed by atoms with Gasteiger partial charge in [0, 0.05) is 20.8 Å². The molecule has 0 saturated carbocycles. The average Bonchev–Trinajstić information content (AvgIpc) is 2.45. The molecule has 0 spiro atoms. The summed E-state index contributed by atoms with van der Waals surface area (Å²) in [4.78, 5) is 0. The summed E-state index contributed by atoms with van der Waals surface area (Å²) in [5.41, 5.74) is 1.21. The normalized spacial score (nSPS) is 12.7. The Bertz CT molecular complexity index is 336. The lowest BCUT2D eigenvalue weighted by atomic mass is 10.2. The van der Waals surface area contributed by atoms with Crippen molar-refractivity contribution in [2.24, 2.45) is 0 Å². The Morgan fingerprint density at radius 3 is 2.26 bits per heavy atom. The van der Waals surface area contributed by atoms with Gasteiger partial charge in [-0.05, 0) is 31.0 Å². The number of methoxy groups -OCH3 is 2. The Hall–Kier alpha value is -1.10. The molecule has 0 fully saturated rings. The fourth-order valence-corrected chi connectivity index (χ4v) is 1.80. The first kappa shape index (κ1) is 16.0. The van der Waals surface area contributed by atoms with E-state index < -0.39 is 0 Å². The molecule has 0 amide bonds. The Kier molecular flexibility index (Phi) is 7.48. The van der Waals surface area contributed by atoms with E-state index in [1.165, 1.54) is 5.56 Å². The smallest absolute Gasteiger partial charge is 0.171 e. The topological polar surface area (TPSA) is 39.7 Å². The van der Waals surface area contributed by atoms with Crippen molar-refractivity contribution < 1.29 is 14.2 Å². The Balaban J connectivity index is 2.40. The Labute approximate surface area is 116 Å². The summed E-state index contributed by atoms with van der Waals surface area (Å²) < 4.78 is 16.0. The van der Waals surface area contributed by atoms with Crippen LogP contribution in [0.2, 0.25) is 0 Å². The zero-order valence-electron chi connectivity index (χ0n) is 12.3. The van der Waals surface area contributed by atoms with Gasteiger partial charge in [-0.25, -0.2) is 0 Å². The molecule has 0 aliphatic heterocycles. The third kappa shape index (κ3) is 5.59. The summed E-state index contributed by atoms with van der Waals surface area (Å²) in [6, 6.07) is 8.27. The van der Waals surface area contributed by atoms with Gasteiger partial charge in [0.05, 0.1) is 12.6 Å². The summed E-state index contributed by atoms with van der Waals surface area (Å²) in [5, 5.41) is 3.37. The highest BCUT2D eigenvalue weighted by Crippen LogP contribution is 2.12. The van der Waals surface area contributed by atoms with Crippen LogP contribution in [0, 0.1) is 0 Å². The van der Waals surface area contributed by atoms with Gasteiger partial charge >= 0.3 is 0 Å². The zero-order valence-corrected chi connectivity index (χ0v) is 12.3. The molecule has 1 rings (SSSR count). The molecule has 0 aliphatic rings. The summed E-state index contributed by atoms with van der Waals surface area (Å²) >= 11 is 0. The number of hydrogen-bond donors (Lipinski definition) is 1. The van der Waals surface area contributed by atoms with Gasteiger partial charge in [0.1, 0.15) is 5.75 Å². The minimum atomic E-state index is -0.229. The molecule has 4 nitrogen and oxygen atoms in total. The predicted octanol–water partition coefficient (Wildman–Crippen LogP) is 2.57. The molecule has 0 heterocycles. The maximum absolute atomic E-state index is 5.55. The van der Waals surface area contributed by atoms with Crippen LogP contribution in [-0.2, 0) is 16.0 Å². The second kappa shape index (κ2) is 8.91. The Morgan fingerprint density at radius 1 is 1.11 bits per heavy atom. The lowest BCUT2D eigenvalue weighted by molar-refractivity contribution is -0.119. The summed E-state index contributed by atoms with van der Waals surface area (Å²) in [6.45, 7) is 5.68. The molecule has 0 radical (unpaired) electrons. The van der Waals surface area contributed by atoms with E-state index >= 15 is 0 Å². The van der Waals surface area contributed by atoms with Gasteiger partial charge in [-0.2, -0.15) is 0 Å². The van der Waals surface area contributed by atoms with Crippen molar-refractivity contribution in [1.29, 1.82) is 0 Å². The fraction of sp³-hybridized carbons (Fsp3) is 0.600. The number of ether oxygens (including phenoxy) is 3. The van der Waals surface area contributed by atoms with Gasteiger partial charge in [0.25, 0.3) is 0 Å². The quantitative estimate of drug-likeness (QED) is 0.698. The molecule has 1 unspecified atom stereocenters. The molecule has 19 heavy (non-hydrogen) atoms. The largest absolute Gasteiger partial charge is 0.494 e. The highest BCUT2D eigenvalue weighted by atomic mass is 16.7. The van der Waals surface area contributed by atoms with Crippen LogP contribution < -0.4 is 10.1 Å². The van der Waals surface area contributed by atoms with Crippen molar-refractivity contribution in [3.05, 3.63) is 29.8 Å². The second-order valence-electron chi connectivity index (χ2n) is 4.50. The number of rotatable bonds is 9. The van der Waals surface area contributed by atoms with Gasteiger partial charge in [0.15, 0.2) is 6.29 Å². The van der Waals surface area contributed by atoms with Crippen LogP contribution in [0.15, 0.2) is 24.3 Å². The van der Waals surface area contributed by atoms with E-state index in [-0.39, 0.29) is 12.3 Å².